The molecule has 0 unspecified atom stereocenters. The first-order valence-corrected chi connectivity index (χ1v) is 10.4. The Morgan fingerprint density at radius 3 is 2.81 bits per heavy atom. The van der Waals surface area contributed by atoms with Gasteiger partial charge in [-0.3, -0.25) is 14.2 Å². The molecule has 132 valence electrons. The van der Waals surface area contributed by atoms with Crippen LogP contribution in [0.15, 0.2) is 59.5 Å². The Labute approximate surface area is 159 Å². The number of benzene rings is 2. The Kier molecular flexibility index (Phi) is 4.99. The van der Waals surface area contributed by atoms with E-state index in [0.717, 1.165) is 17.2 Å². The molecule has 1 aliphatic rings. The van der Waals surface area contributed by atoms with Crippen LogP contribution in [0.25, 0.3) is 11.0 Å². The molecule has 5 nitrogen and oxygen atoms in total. The summed E-state index contributed by atoms with van der Waals surface area (Å²) in [5.41, 5.74) is 3.03. The summed E-state index contributed by atoms with van der Waals surface area (Å²) in [4.78, 5) is 28.8. The Hall–Kier alpha value is -2.25. The lowest BCUT2D eigenvalue weighted by Crippen LogP contribution is -2.28. The minimum atomic E-state index is -0.286. The second kappa shape index (κ2) is 7.55. The van der Waals surface area contributed by atoms with Gasteiger partial charge in [0.1, 0.15) is 6.54 Å². The molecule has 2 heterocycles. The molecular weight excluding hydrogens is 366 g/mol. The maximum Gasteiger partial charge on any atom is 0.269 e. The third kappa shape index (κ3) is 3.64. The predicted octanol–water partition coefficient (Wildman–Crippen LogP) is 3.51. The third-order valence-corrected chi connectivity index (χ3v) is 7.22. The number of aromatic nitrogens is 2. The SMILES string of the molecule is O=C(Cn1c(=O)cnc2ccccc21)Nc1cccc(C2SCCS2)c1. The summed E-state index contributed by atoms with van der Waals surface area (Å²) in [6, 6.07) is 15.2. The van der Waals surface area contributed by atoms with E-state index in [1.807, 2.05) is 59.9 Å². The second-order valence-electron chi connectivity index (χ2n) is 5.92. The molecule has 0 bridgehead atoms. The summed E-state index contributed by atoms with van der Waals surface area (Å²) in [6.45, 7) is -0.0426. The van der Waals surface area contributed by atoms with Crippen molar-refractivity contribution in [1.82, 2.24) is 9.55 Å². The van der Waals surface area contributed by atoms with Crippen molar-refractivity contribution >= 4 is 46.2 Å². The van der Waals surface area contributed by atoms with Gasteiger partial charge < -0.3 is 5.32 Å². The highest BCUT2D eigenvalue weighted by Crippen LogP contribution is 2.45. The molecule has 0 radical (unpaired) electrons. The van der Waals surface area contributed by atoms with Crippen LogP contribution in [0.2, 0.25) is 0 Å². The third-order valence-electron chi connectivity index (χ3n) is 4.12. The van der Waals surface area contributed by atoms with E-state index in [2.05, 4.69) is 16.4 Å². The number of hydrogen-bond donors (Lipinski definition) is 1. The van der Waals surface area contributed by atoms with Gasteiger partial charge in [-0.25, -0.2) is 4.98 Å². The van der Waals surface area contributed by atoms with Crippen LogP contribution in [0, 0.1) is 0 Å². The van der Waals surface area contributed by atoms with Crippen LogP contribution < -0.4 is 10.9 Å². The summed E-state index contributed by atoms with van der Waals surface area (Å²) in [6.07, 6.45) is 1.25. The zero-order valence-corrected chi connectivity index (χ0v) is 15.6. The van der Waals surface area contributed by atoms with Crippen LogP contribution in [0.5, 0.6) is 0 Å². The van der Waals surface area contributed by atoms with E-state index in [4.69, 9.17) is 0 Å². The number of anilines is 1. The first kappa shape index (κ1) is 17.2. The van der Waals surface area contributed by atoms with Crippen LogP contribution >= 0.6 is 23.5 Å². The zero-order chi connectivity index (χ0) is 17.9. The highest BCUT2D eigenvalue weighted by atomic mass is 32.2. The number of carbonyl (C=O) groups is 1. The van der Waals surface area contributed by atoms with Crippen LogP contribution in [-0.4, -0.2) is 27.0 Å². The number of rotatable bonds is 4. The molecule has 1 aromatic heterocycles. The van der Waals surface area contributed by atoms with Crippen molar-refractivity contribution in [3.8, 4) is 0 Å². The Balaban J connectivity index is 1.54. The standard InChI is InChI=1S/C19H17N3O2S2/c23-17(12-22-16-7-2-1-6-15(16)20-11-18(22)24)21-14-5-3-4-13(10-14)19-25-8-9-26-19/h1-7,10-11,19H,8-9,12H2,(H,21,23). The normalized spacial score (nSPS) is 14.6. The quantitative estimate of drug-likeness (QED) is 0.747. The highest BCUT2D eigenvalue weighted by Gasteiger charge is 2.18. The van der Waals surface area contributed by atoms with Crippen molar-refractivity contribution in [3.63, 3.8) is 0 Å². The molecule has 0 atom stereocenters. The van der Waals surface area contributed by atoms with E-state index in [0.29, 0.717) is 15.6 Å². The van der Waals surface area contributed by atoms with Crippen LogP contribution in [0.3, 0.4) is 0 Å². The number of thioether (sulfide) groups is 2. The fraction of sp³-hybridized carbons (Fsp3) is 0.211. The van der Waals surface area contributed by atoms with E-state index in [9.17, 15) is 9.59 Å². The Morgan fingerprint density at radius 1 is 1.15 bits per heavy atom. The molecule has 26 heavy (non-hydrogen) atoms. The maximum atomic E-state index is 12.5. The number of hydrogen-bond acceptors (Lipinski definition) is 5. The lowest BCUT2D eigenvalue weighted by molar-refractivity contribution is -0.116. The molecule has 0 spiro atoms. The zero-order valence-electron chi connectivity index (χ0n) is 13.9. The number of carbonyl (C=O) groups excluding carboxylic acids is 1. The predicted molar refractivity (Wildman–Crippen MR) is 109 cm³/mol. The number of nitrogens with one attached hydrogen (secondary N) is 1. The molecule has 3 aromatic rings. The molecule has 1 amide bonds. The molecule has 0 aliphatic carbocycles. The molecule has 1 saturated heterocycles. The van der Waals surface area contributed by atoms with Gasteiger partial charge in [0.05, 0.1) is 21.8 Å². The molecule has 2 aromatic carbocycles. The molecule has 0 saturated carbocycles. The summed E-state index contributed by atoms with van der Waals surface area (Å²) < 4.78 is 1.88. The van der Waals surface area contributed by atoms with Crippen molar-refractivity contribution in [1.29, 1.82) is 0 Å². The molecule has 1 N–H and O–H groups in total. The van der Waals surface area contributed by atoms with Gasteiger partial charge in [0, 0.05) is 17.2 Å². The first-order valence-electron chi connectivity index (χ1n) is 8.28. The molecule has 1 fully saturated rings. The minimum Gasteiger partial charge on any atom is -0.325 e. The van der Waals surface area contributed by atoms with Crippen LogP contribution in [0.1, 0.15) is 10.1 Å². The molecule has 4 rings (SSSR count). The van der Waals surface area contributed by atoms with Crippen molar-refractivity contribution in [2.75, 3.05) is 16.8 Å². The van der Waals surface area contributed by atoms with Crippen molar-refractivity contribution in [2.24, 2.45) is 0 Å². The smallest absolute Gasteiger partial charge is 0.269 e. The van der Waals surface area contributed by atoms with Crippen LogP contribution in [-0.2, 0) is 11.3 Å². The largest absolute Gasteiger partial charge is 0.325 e. The fourth-order valence-corrected chi connectivity index (χ4v) is 5.77. The van der Waals surface area contributed by atoms with E-state index < -0.39 is 0 Å². The van der Waals surface area contributed by atoms with Gasteiger partial charge in [-0.15, -0.1) is 23.5 Å². The fourth-order valence-electron chi connectivity index (χ4n) is 2.94. The average Bonchev–Trinajstić information content (AvgIpc) is 3.19. The second-order valence-corrected chi connectivity index (χ2v) is 8.64. The molecule has 1 aliphatic heterocycles. The number of fused-ring (bicyclic) bond motifs is 1. The number of nitrogens with zero attached hydrogens (tertiary/aromatic N) is 2. The topological polar surface area (TPSA) is 64.0 Å². The van der Waals surface area contributed by atoms with Gasteiger partial charge in [0.15, 0.2) is 0 Å². The lowest BCUT2D eigenvalue weighted by atomic mass is 10.2. The van der Waals surface area contributed by atoms with Gasteiger partial charge in [0.25, 0.3) is 5.56 Å². The van der Waals surface area contributed by atoms with Crippen molar-refractivity contribution < 1.29 is 4.79 Å². The summed E-state index contributed by atoms with van der Waals surface area (Å²) >= 11 is 3.85. The summed E-state index contributed by atoms with van der Waals surface area (Å²) in [7, 11) is 0. The van der Waals surface area contributed by atoms with E-state index in [1.54, 1.807) is 6.07 Å². The van der Waals surface area contributed by atoms with E-state index >= 15 is 0 Å². The minimum absolute atomic E-state index is 0.0426. The average molecular weight is 383 g/mol. The monoisotopic (exact) mass is 383 g/mol. The van der Waals surface area contributed by atoms with E-state index in [1.165, 1.54) is 16.3 Å². The van der Waals surface area contributed by atoms with Crippen LogP contribution in [0.4, 0.5) is 5.69 Å². The molecule has 7 heteroatoms. The van der Waals surface area contributed by atoms with Gasteiger partial charge in [-0.05, 0) is 29.8 Å². The van der Waals surface area contributed by atoms with Crippen molar-refractivity contribution in [2.45, 2.75) is 11.1 Å². The van der Waals surface area contributed by atoms with Gasteiger partial charge >= 0.3 is 0 Å². The summed E-state index contributed by atoms with van der Waals surface area (Å²) in [5.74, 6) is 2.08. The Bertz CT molecular complexity index is 1010. The van der Waals surface area contributed by atoms with E-state index in [-0.39, 0.29) is 18.0 Å². The number of para-hydroxylation sites is 2. The lowest BCUT2D eigenvalue weighted by Gasteiger charge is -2.12. The summed E-state index contributed by atoms with van der Waals surface area (Å²) in [5, 5.41) is 2.91. The molecular formula is C19H17N3O2S2. The van der Waals surface area contributed by atoms with Gasteiger partial charge in [-0.2, -0.15) is 0 Å². The highest BCUT2D eigenvalue weighted by molar-refractivity contribution is 8.19. The number of amides is 1. The first-order chi connectivity index (χ1) is 12.7. The van der Waals surface area contributed by atoms with Gasteiger partial charge in [0.2, 0.25) is 5.91 Å². The van der Waals surface area contributed by atoms with Crippen molar-refractivity contribution in [3.05, 3.63) is 70.6 Å². The maximum absolute atomic E-state index is 12.5. The Morgan fingerprint density at radius 2 is 1.96 bits per heavy atom. The van der Waals surface area contributed by atoms with Gasteiger partial charge in [-0.1, -0.05) is 24.3 Å².